The maximum atomic E-state index is 12.7. The molecule has 0 spiro atoms. The van der Waals surface area contributed by atoms with Crippen LogP contribution in [0, 0.1) is 5.92 Å². The summed E-state index contributed by atoms with van der Waals surface area (Å²) in [5, 5.41) is 2.83. The van der Waals surface area contributed by atoms with E-state index in [2.05, 4.69) is 5.32 Å². The monoisotopic (exact) mass is 344 g/mol. The number of likely N-dealkylation sites (tertiary alicyclic amines) is 2. The number of nitrogens with one attached hydrogen (secondary N) is 1. The molecule has 2 heterocycles. The molecule has 134 valence electrons. The largest absolute Gasteiger partial charge is 0.369 e. The summed E-state index contributed by atoms with van der Waals surface area (Å²) in [6.45, 7) is 2.42. The highest BCUT2D eigenvalue weighted by Crippen LogP contribution is 2.22. The van der Waals surface area contributed by atoms with Gasteiger partial charge in [-0.25, -0.2) is 4.79 Å². The molecule has 0 aliphatic carbocycles. The van der Waals surface area contributed by atoms with E-state index in [1.807, 2.05) is 4.90 Å². The standard InChI is InChI=1S/C18H24N4O3/c19-16(23)13-6-5-11-22(12-13)18(25)20-15-8-2-1-7-14(15)17(24)21-9-3-4-10-21/h1-2,7-8,13H,3-6,9-12H2,(H2,19,23)(H,20,25). The van der Waals surface area contributed by atoms with Crippen LogP contribution in [0.15, 0.2) is 24.3 Å². The second-order valence-electron chi connectivity index (χ2n) is 6.66. The van der Waals surface area contributed by atoms with Crippen molar-refractivity contribution in [3.8, 4) is 0 Å². The summed E-state index contributed by atoms with van der Waals surface area (Å²) in [4.78, 5) is 40.0. The molecule has 1 aromatic rings. The minimum Gasteiger partial charge on any atom is -0.369 e. The van der Waals surface area contributed by atoms with E-state index >= 15 is 0 Å². The number of urea groups is 1. The van der Waals surface area contributed by atoms with Gasteiger partial charge in [-0.1, -0.05) is 12.1 Å². The van der Waals surface area contributed by atoms with Gasteiger partial charge in [-0.05, 0) is 37.8 Å². The van der Waals surface area contributed by atoms with Crippen molar-refractivity contribution < 1.29 is 14.4 Å². The van der Waals surface area contributed by atoms with Gasteiger partial charge in [0.1, 0.15) is 0 Å². The van der Waals surface area contributed by atoms with Crippen LogP contribution in [0.1, 0.15) is 36.0 Å². The first-order valence-corrected chi connectivity index (χ1v) is 8.80. The van der Waals surface area contributed by atoms with E-state index < -0.39 is 0 Å². The van der Waals surface area contributed by atoms with Crippen molar-refractivity contribution in [2.24, 2.45) is 11.7 Å². The molecular formula is C18H24N4O3. The lowest BCUT2D eigenvalue weighted by Crippen LogP contribution is -2.46. The molecule has 1 aromatic carbocycles. The van der Waals surface area contributed by atoms with Crippen molar-refractivity contribution in [2.75, 3.05) is 31.5 Å². The Hall–Kier alpha value is -2.57. The van der Waals surface area contributed by atoms with Crippen LogP contribution >= 0.6 is 0 Å². The highest BCUT2D eigenvalue weighted by atomic mass is 16.2. The fourth-order valence-corrected chi connectivity index (χ4v) is 3.46. The number of nitrogens with two attached hydrogens (primary N) is 1. The molecule has 0 radical (unpaired) electrons. The number of carbonyl (C=O) groups excluding carboxylic acids is 3. The van der Waals surface area contributed by atoms with Crippen molar-refractivity contribution in [1.29, 1.82) is 0 Å². The number of hydrogen-bond acceptors (Lipinski definition) is 3. The molecule has 1 atom stereocenters. The number of nitrogens with zero attached hydrogens (tertiary/aromatic N) is 2. The van der Waals surface area contributed by atoms with Crippen molar-refractivity contribution >= 4 is 23.5 Å². The Morgan fingerprint density at radius 3 is 2.40 bits per heavy atom. The van der Waals surface area contributed by atoms with Crippen molar-refractivity contribution in [1.82, 2.24) is 9.80 Å². The third kappa shape index (κ3) is 3.92. The van der Waals surface area contributed by atoms with Gasteiger partial charge in [0.2, 0.25) is 5.91 Å². The van der Waals surface area contributed by atoms with Crippen LogP contribution in [0.4, 0.5) is 10.5 Å². The van der Waals surface area contributed by atoms with Gasteiger partial charge < -0.3 is 20.9 Å². The van der Waals surface area contributed by atoms with Crippen LogP contribution in [0.2, 0.25) is 0 Å². The van der Waals surface area contributed by atoms with E-state index in [-0.39, 0.29) is 23.8 Å². The zero-order valence-electron chi connectivity index (χ0n) is 14.2. The summed E-state index contributed by atoms with van der Waals surface area (Å²) in [6.07, 6.45) is 3.49. The van der Waals surface area contributed by atoms with Gasteiger partial charge in [0, 0.05) is 26.2 Å². The van der Waals surface area contributed by atoms with E-state index in [4.69, 9.17) is 5.73 Å². The predicted octanol–water partition coefficient (Wildman–Crippen LogP) is 1.65. The zero-order valence-corrected chi connectivity index (χ0v) is 14.2. The Kier molecular flexibility index (Phi) is 5.21. The Bertz CT molecular complexity index is 670. The van der Waals surface area contributed by atoms with E-state index in [0.29, 0.717) is 30.8 Å². The van der Waals surface area contributed by atoms with E-state index in [1.165, 1.54) is 0 Å². The number of benzene rings is 1. The maximum Gasteiger partial charge on any atom is 0.321 e. The number of hydrogen-bond donors (Lipinski definition) is 2. The van der Waals surface area contributed by atoms with Crippen molar-refractivity contribution in [2.45, 2.75) is 25.7 Å². The number of amides is 4. The van der Waals surface area contributed by atoms with Gasteiger partial charge in [0.25, 0.3) is 5.91 Å². The van der Waals surface area contributed by atoms with Crippen LogP contribution in [0.3, 0.4) is 0 Å². The lowest BCUT2D eigenvalue weighted by molar-refractivity contribution is -0.123. The molecule has 2 fully saturated rings. The normalized spacial score (nSPS) is 20.4. The molecule has 3 rings (SSSR count). The van der Waals surface area contributed by atoms with E-state index in [0.717, 1.165) is 32.4 Å². The first-order valence-electron chi connectivity index (χ1n) is 8.80. The van der Waals surface area contributed by atoms with Gasteiger partial charge in [0.15, 0.2) is 0 Å². The smallest absolute Gasteiger partial charge is 0.321 e. The number of primary amides is 1. The second-order valence-corrected chi connectivity index (χ2v) is 6.66. The number of para-hydroxylation sites is 1. The van der Waals surface area contributed by atoms with Crippen LogP contribution in [-0.2, 0) is 4.79 Å². The molecule has 0 aromatic heterocycles. The fourth-order valence-electron chi connectivity index (χ4n) is 3.46. The molecule has 0 bridgehead atoms. The van der Waals surface area contributed by atoms with Gasteiger partial charge in [-0.15, -0.1) is 0 Å². The summed E-state index contributed by atoms with van der Waals surface area (Å²) in [5.74, 6) is -0.731. The number of piperidine rings is 1. The minimum absolute atomic E-state index is 0.0537. The van der Waals surface area contributed by atoms with Crippen LogP contribution in [0.25, 0.3) is 0 Å². The van der Waals surface area contributed by atoms with Gasteiger partial charge in [-0.3, -0.25) is 9.59 Å². The highest BCUT2D eigenvalue weighted by molar-refractivity contribution is 6.03. The fraction of sp³-hybridized carbons (Fsp3) is 0.500. The lowest BCUT2D eigenvalue weighted by atomic mass is 9.98. The SMILES string of the molecule is NC(=O)C1CCCN(C(=O)Nc2ccccc2C(=O)N2CCCC2)C1. The Morgan fingerprint density at radius 1 is 1.00 bits per heavy atom. The summed E-state index contributed by atoms with van der Waals surface area (Å²) in [5.41, 5.74) is 6.37. The van der Waals surface area contributed by atoms with Crippen LogP contribution < -0.4 is 11.1 Å². The summed E-state index contributed by atoms with van der Waals surface area (Å²) < 4.78 is 0. The molecular weight excluding hydrogens is 320 g/mol. The van der Waals surface area contributed by atoms with Gasteiger partial charge >= 0.3 is 6.03 Å². The molecule has 3 N–H and O–H groups in total. The third-order valence-electron chi connectivity index (χ3n) is 4.90. The summed E-state index contributed by atoms with van der Waals surface area (Å²) >= 11 is 0. The molecule has 2 saturated heterocycles. The Morgan fingerprint density at radius 2 is 1.68 bits per heavy atom. The maximum absolute atomic E-state index is 12.7. The molecule has 0 saturated carbocycles. The Labute approximate surface area is 147 Å². The van der Waals surface area contributed by atoms with Crippen LogP contribution in [-0.4, -0.2) is 53.8 Å². The first-order chi connectivity index (χ1) is 12.1. The number of rotatable bonds is 3. The molecule has 25 heavy (non-hydrogen) atoms. The molecule has 1 unspecified atom stereocenters. The van der Waals surface area contributed by atoms with Crippen molar-refractivity contribution in [3.63, 3.8) is 0 Å². The number of anilines is 1. The molecule has 7 heteroatoms. The average Bonchev–Trinajstić information content (AvgIpc) is 3.16. The van der Waals surface area contributed by atoms with E-state index in [1.54, 1.807) is 29.2 Å². The topological polar surface area (TPSA) is 95.7 Å². The Balaban J connectivity index is 1.71. The van der Waals surface area contributed by atoms with Gasteiger partial charge in [-0.2, -0.15) is 0 Å². The average molecular weight is 344 g/mol. The van der Waals surface area contributed by atoms with Crippen molar-refractivity contribution in [3.05, 3.63) is 29.8 Å². The van der Waals surface area contributed by atoms with Crippen LogP contribution in [0.5, 0.6) is 0 Å². The summed E-state index contributed by atoms with van der Waals surface area (Å²) in [7, 11) is 0. The predicted molar refractivity (Wildman–Crippen MR) is 94.1 cm³/mol. The summed E-state index contributed by atoms with van der Waals surface area (Å²) in [6, 6.07) is 6.75. The lowest BCUT2D eigenvalue weighted by Gasteiger charge is -2.31. The first kappa shape index (κ1) is 17.3. The second kappa shape index (κ2) is 7.55. The quantitative estimate of drug-likeness (QED) is 0.873. The zero-order chi connectivity index (χ0) is 17.8. The minimum atomic E-state index is -0.373. The third-order valence-corrected chi connectivity index (χ3v) is 4.90. The van der Waals surface area contributed by atoms with E-state index in [9.17, 15) is 14.4 Å². The van der Waals surface area contributed by atoms with Gasteiger partial charge in [0.05, 0.1) is 17.2 Å². The highest BCUT2D eigenvalue weighted by Gasteiger charge is 2.28. The molecule has 2 aliphatic heterocycles. The molecule has 2 aliphatic rings. The molecule has 4 amide bonds. The number of carbonyl (C=O) groups is 3. The molecule has 7 nitrogen and oxygen atoms in total.